The highest BCUT2D eigenvalue weighted by molar-refractivity contribution is 9.10. The average Bonchev–Trinajstić information content (AvgIpc) is 2.82. The Kier molecular flexibility index (Phi) is 4.06. The van der Waals surface area contributed by atoms with Crippen LogP contribution in [0.4, 0.5) is 5.82 Å². The number of hydrogen-bond donors (Lipinski definition) is 2. The van der Waals surface area contributed by atoms with Crippen LogP contribution in [0.25, 0.3) is 22.4 Å². The fourth-order valence-electron chi connectivity index (χ4n) is 2.15. The van der Waals surface area contributed by atoms with Gasteiger partial charge in [-0.1, -0.05) is 61.7 Å². The van der Waals surface area contributed by atoms with E-state index in [9.17, 15) is 0 Å². The lowest BCUT2D eigenvalue weighted by Crippen LogP contribution is -1.89. The molecule has 3 N–H and O–H groups in total. The van der Waals surface area contributed by atoms with E-state index in [1.165, 1.54) is 0 Å². The summed E-state index contributed by atoms with van der Waals surface area (Å²) in [5.41, 5.74) is 9.54. The van der Waals surface area contributed by atoms with Crippen molar-refractivity contribution in [3.63, 3.8) is 0 Å². The van der Waals surface area contributed by atoms with Crippen molar-refractivity contribution in [1.82, 2.24) is 10.2 Å². The number of benzene rings is 2. The Balaban J connectivity index is 2.19. The van der Waals surface area contributed by atoms with Gasteiger partial charge in [-0.05, 0) is 29.8 Å². The highest BCUT2D eigenvalue weighted by atomic mass is 79.9. The molecular weight excluding hydrogens is 417 g/mol. The van der Waals surface area contributed by atoms with Crippen LogP contribution in [0.1, 0.15) is 0 Å². The van der Waals surface area contributed by atoms with Gasteiger partial charge in [0.2, 0.25) is 0 Å². The Labute approximate surface area is 143 Å². The van der Waals surface area contributed by atoms with Gasteiger partial charge in [-0.15, -0.1) is 0 Å². The van der Waals surface area contributed by atoms with Gasteiger partial charge in [-0.3, -0.25) is 5.10 Å². The summed E-state index contributed by atoms with van der Waals surface area (Å²) in [6.45, 7) is 0. The number of nitrogen functional groups attached to an aromatic ring is 1. The van der Waals surface area contributed by atoms with Crippen LogP contribution in [0, 0.1) is 0 Å². The highest BCUT2D eigenvalue weighted by Crippen LogP contribution is 2.38. The molecule has 3 aromatic rings. The summed E-state index contributed by atoms with van der Waals surface area (Å²) in [5, 5.41) is 7.73. The average molecular weight is 428 g/mol. The molecule has 0 aliphatic carbocycles. The molecule has 0 spiro atoms. The van der Waals surface area contributed by atoms with E-state index in [4.69, 9.17) is 17.3 Å². The van der Waals surface area contributed by atoms with Gasteiger partial charge in [0.05, 0.1) is 16.3 Å². The maximum absolute atomic E-state index is 6.33. The van der Waals surface area contributed by atoms with Crippen LogP contribution >= 0.6 is 43.5 Å². The third kappa shape index (κ3) is 2.86. The number of H-pyrrole nitrogens is 1. The molecule has 2 aromatic carbocycles. The van der Waals surface area contributed by atoms with E-state index in [1.54, 1.807) is 0 Å². The Hall–Kier alpha value is -1.30. The largest absolute Gasteiger partial charge is 0.382 e. The number of nitrogens with two attached hydrogens (primary N) is 1. The molecule has 1 aromatic heterocycles. The number of rotatable bonds is 2. The maximum atomic E-state index is 6.33. The number of nitrogens with one attached hydrogen (secondary N) is 1. The minimum atomic E-state index is 0.450. The number of hydrogen-bond acceptors (Lipinski definition) is 2. The minimum absolute atomic E-state index is 0.450. The number of aromatic amines is 1. The first-order valence-electron chi connectivity index (χ1n) is 6.11. The van der Waals surface area contributed by atoms with E-state index in [2.05, 4.69) is 42.1 Å². The Morgan fingerprint density at radius 3 is 2.33 bits per heavy atom. The Morgan fingerprint density at radius 1 is 1.00 bits per heavy atom. The van der Waals surface area contributed by atoms with Crippen LogP contribution < -0.4 is 5.73 Å². The molecule has 1 heterocycles. The quantitative estimate of drug-likeness (QED) is 0.567. The lowest BCUT2D eigenvalue weighted by Gasteiger charge is -2.07. The topological polar surface area (TPSA) is 54.7 Å². The zero-order chi connectivity index (χ0) is 15.0. The van der Waals surface area contributed by atoms with Crippen LogP contribution in [0.3, 0.4) is 0 Å². The molecule has 0 saturated heterocycles. The van der Waals surface area contributed by atoms with Gasteiger partial charge < -0.3 is 5.73 Å². The fourth-order valence-corrected chi connectivity index (χ4v) is 3.18. The smallest absolute Gasteiger partial charge is 0.153 e. The molecule has 0 bridgehead atoms. The van der Waals surface area contributed by atoms with Gasteiger partial charge in [-0.25, -0.2) is 0 Å². The van der Waals surface area contributed by atoms with Gasteiger partial charge in [0.15, 0.2) is 5.82 Å². The van der Waals surface area contributed by atoms with E-state index in [1.807, 2.05) is 42.5 Å². The van der Waals surface area contributed by atoms with E-state index in [-0.39, 0.29) is 0 Å². The summed E-state index contributed by atoms with van der Waals surface area (Å²) in [6, 6.07) is 13.6. The van der Waals surface area contributed by atoms with Crippen molar-refractivity contribution >= 4 is 49.3 Å². The first-order valence-corrected chi connectivity index (χ1v) is 8.08. The molecule has 0 radical (unpaired) electrons. The summed E-state index contributed by atoms with van der Waals surface area (Å²) < 4.78 is 1.94. The van der Waals surface area contributed by atoms with Crippen molar-refractivity contribution in [3.05, 3.63) is 56.4 Å². The summed E-state index contributed by atoms with van der Waals surface area (Å²) in [4.78, 5) is 0. The van der Waals surface area contributed by atoms with Gasteiger partial charge in [-0.2, -0.15) is 5.10 Å². The lowest BCUT2D eigenvalue weighted by atomic mass is 10.0. The molecule has 0 amide bonds. The van der Waals surface area contributed by atoms with Crippen LogP contribution in [-0.4, -0.2) is 10.2 Å². The molecule has 0 saturated carbocycles. The maximum Gasteiger partial charge on any atom is 0.153 e. The van der Waals surface area contributed by atoms with Gasteiger partial charge in [0.1, 0.15) is 0 Å². The molecule has 3 nitrogen and oxygen atoms in total. The molecule has 0 atom stereocenters. The fraction of sp³-hybridized carbons (Fsp3) is 0. The predicted octanol–water partition coefficient (Wildman–Crippen LogP) is 5.50. The van der Waals surface area contributed by atoms with E-state index in [0.29, 0.717) is 10.8 Å². The second-order valence-electron chi connectivity index (χ2n) is 4.49. The molecule has 0 aliphatic rings. The minimum Gasteiger partial charge on any atom is -0.382 e. The van der Waals surface area contributed by atoms with Crippen molar-refractivity contribution in [3.8, 4) is 22.4 Å². The Bertz CT molecular complexity index is 797. The van der Waals surface area contributed by atoms with Gasteiger partial charge in [0, 0.05) is 14.5 Å². The normalized spacial score (nSPS) is 10.8. The van der Waals surface area contributed by atoms with Crippen LogP contribution in [0.2, 0.25) is 5.02 Å². The zero-order valence-corrected chi connectivity index (χ0v) is 14.6. The molecule has 6 heteroatoms. The lowest BCUT2D eigenvalue weighted by molar-refractivity contribution is 1.10. The second kappa shape index (κ2) is 5.83. The third-order valence-electron chi connectivity index (χ3n) is 3.13. The summed E-state index contributed by atoms with van der Waals surface area (Å²) in [5.74, 6) is 0.450. The number of nitrogens with zero attached hydrogens (tertiary/aromatic N) is 1. The highest BCUT2D eigenvalue weighted by Gasteiger charge is 2.16. The molecular formula is C15H10Br2ClN3. The number of anilines is 1. The first-order chi connectivity index (χ1) is 10.1. The van der Waals surface area contributed by atoms with Crippen LogP contribution in [-0.2, 0) is 0 Å². The first kappa shape index (κ1) is 14.6. The van der Waals surface area contributed by atoms with Crippen molar-refractivity contribution in [2.24, 2.45) is 0 Å². The van der Waals surface area contributed by atoms with E-state index >= 15 is 0 Å². The molecule has 0 aliphatic heterocycles. The molecule has 0 fully saturated rings. The summed E-state index contributed by atoms with van der Waals surface area (Å²) in [7, 11) is 0. The monoisotopic (exact) mass is 425 g/mol. The van der Waals surface area contributed by atoms with Gasteiger partial charge in [0.25, 0.3) is 0 Å². The third-order valence-corrected chi connectivity index (χ3v) is 4.46. The predicted molar refractivity (Wildman–Crippen MR) is 94.3 cm³/mol. The SMILES string of the molecule is Nc1n[nH]c(-c2ccc(Br)cc2Cl)c1-c1ccc(Br)cc1. The summed E-state index contributed by atoms with van der Waals surface area (Å²) >= 11 is 13.2. The van der Waals surface area contributed by atoms with E-state index < -0.39 is 0 Å². The zero-order valence-electron chi connectivity index (χ0n) is 10.7. The number of halogens is 3. The van der Waals surface area contributed by atoms with Crippen LogP contribution in [0.5, 0.6) is 0 Å². The van der Waals surface area contributed by atoms with Crippen molar-refractivity contribution in [1.29, 1.82) is 0 Å². The van der Waals surface area contributed by atoms with Gasteiger partial charge >= 0.3 is 0 Å². The van der Waals surface area contributed by atoms with Crippen molar-refractivity contribution < 1.29 is 0 Å². The van der Waals surface area contributed by atoms with Crippen molar-refractivity contribution in [2.45, 2.75) is 0 Å². The summed E-state index contributed by atoms with van der Waals surface area (Å²) in [6.07, 6.45) is 0. The Morgan fingerprint density at radius 2 is 1.67 bits per heavy atom. The molecule has 0 unspecified atom stereocenters. The molecule has 21 heavy (non-hydrogen) atoms. The van der Waals surface area contributed by atoms with Crippen LogP contribution in [0.15, 0.2) is 51.4 Å². The molecule has 106 valence electrons. The van der Waals surface area contributed by atoms with Crippen molar-refractivity contribution in [2.75, 3.05) is 5.73 Å². The standard InChI is InChI=1S/C15H10Br2ClN3/c16-9-3-1-8(2-4-9)13-14(20-21-15(13)19)11-6-5-10(17)7-12(11)18/h1-7H,(H3,19,20,21). The van der Waals surface area contributed by atoms with E-state index in [0.717, 1.165) is 31.3 Å². The second-order valence-corrected chi connectivity index (χ2v) is 6.73. The molecule has 3 rings (SSSR count). The number of aromatic nitrogens is 2.